The number of hydrogen-bond acceptors (Lipinski definition) is 4. The quantitative estimate of drug-likeness (QED) is 0.830. The number of piperidine rings is 1. The van der Waals surface area contributed by atoms with Crippen LogP contribution < -0.4 is 10.5 Å². The molecule has 1 saturated heterocycles. The number of nitrogens with two attached hydrogens (primary N) is 1. The molecule has 0 radical (unpaired) electrons. The number of anilines is 1. The first-order valence-corrected chi connectivity index (χ1v) is 8.72. The summed E-state index contributed by atoms with van der Waals surface area (Å²) in [5, 5.41) is 4.29. The lowest BCUT2D eigenvalue weighted by Crippen LogP contribution is -2.32. The van der Waals surface area contributed by atoms with Gasteiger partial charge in [-0.15, -0.1) is 0 Å². The van der Waals surface area contributed by atoms with E-state index < -0.39 is 0 Å². The molecule has 2 heterocycles. The third-order valence-electron chi connectivity index (χ3n) is 4.47. The van der Waals surface area contributed by atoms with Gasteiger partial charge in [0.15, 0.2) is 0 Å². The highest BCUT2D eigenvalue weighted by atomic mass is 79.9. The molecule has 3 rings (SSSR count). The number of nitrogen functional groups attached to an aromatic ring is 1. The minimum absolute atomic E-state index is 0.617. The number of nitrogens with zero attached hydrogens (tertiary/aromatic N) is 3. The highest BCUT2D eigenvalue weighted by molar-refractivity contribution is 9.10. The van der Waals surface area contributed by atoms with Gasteiger partial charge in [-0.05, 0) is 73.0 Å². The number of aromatic nitrogens is 2. The largest absolute Gasteiger partial charge is 0.493 e. The number of likely N-dealkylation sites (tertiary alicyclic amines) is 1. The van der Waals surface area contributed by atoms with Crippen LogP contribution in [0.3, 0.4) is 0 Å². The Hall–Kier alpha value is -1.53. The van der Waals surface area contributed by atoms with Crippen molar-refractivity contribution in [2.45, 2.75) is 12.8 Å². The highest BCUT2D eigenvalue weighted by Gasteiger charge is 2.19. The maximum Gasteiger partial charge on any atom is 0.128 e. The summed E-state index contributed by atoms with van der Waals surface area (Å²) in [6.45, 7) is 3.05. The second-order valence-electron chi connectivity index (χ2n) is 6.28. The molecule has 0 aliphatic carbocycles. The molecule has 2 N–H and O–H groups in total. The van der Waals surface area contributed by atoms with E-state index in [0.29, 0.717) is 5.92 Å². The lowest BCUT2D eigenvalue weighted by molar-refractivity contribution is 0.160. The Bertz CT molecular complexity index is 658. The van der Waals surface area contributed by atoms with Crippen LogP contribution >= 0.6 is 15.9 Å². The molecule has 1 aliphatic heterocycles. The summed E-state index contributed by atoms with van der Waals surface area (Å²) < 4.78 is 8.94. The number of aryl methyl sites for hydroxylation is 1. The molecular formula is C17H23BrN4O. The lowest BCUT2D eigenvalue weighted by Gasteiger charge is -2.29. The van der Waals surface area contributed by atoms with E-state index in [4.69, 9.17) is 10.5 Å². The Balaban J connectivity index is 1.80. The highest BCUT2D eigenvalue weighted by Crippen LogP contribution is 2.36. The smallest absolute Gasteiger partial charge is 0.128 e. The minimum Gasteiger partial charge on any atom is -0.493 e. The summed E-state index contributed by atoms with van der Waals surface area (Å²) in [7, 11) is 4.10. The molecule has 0 atom stereocenters. The topological polar surface area (TPSA) is 56.3 Å². The maximum absolute atomic E-state index is 6.16. The van der Waals surface area contributed by atoms with E-state index in [1.165, 1.54) is 12.8 Å². The van der Waals surface area contributed by atoms with Crippen molar-refractivity contribution in [3.8, 4) is 17.0 Å². The molecule has 1 aromatic heterocycles. The summed E-state index contributed by atoms with van der Waals surface area (Å²) >= 11 is 3.56. The maximum atomic E-state index is 6.16. The van der Waals surface area contributed by atoms with E-state index in [2.05, 4.69) is 33.0 Å². The number of halogens is 1. The molecular weight excluding hydrogens is 356 g/mol. The third kappa shape index (κ3) is 3.70. The van der Waals surface area contributed by atoms with Crippen LogP contribution in [0.25, 0.3) is 11.3 Å². The van der Waals surface area contributed by atoms with Crippen molar-refractivity contribution < 1.29 is 4.74 Å². The number of rotatable bonds is 4. The average Bonchev–Trinajstić information content (AvgIpc) is 2.86. The Morgan fingerprint density at radius 3 is 2.70 bits per heavy atom. The lowest BCUT2D eigenvalue weighted by atomic mass is 9.98. The van der Waals surface area contributed by atoms with Crippen molar-refractivity contribution >= 4 is 21.6 Å². The zero-order chi connectivity index (χ0) is 16.4. The monoisotopic (exact) mass is 378 g/mol. The van der Waals surface area contributed by atoms with Crippen molar-refractivity contribution in [1.82, 2.24) is 14.7 Å². The molecule has 0 saturated carbocycles. The molecule has 5 nitrogen and oxygen atoms in total. The van der Waals surface area contributed by atoms with Crippen LogP contribution in [0.5, 0.6) is 5.75 Å². The van der Waals surface area contributed by atoms with E-state index in [1.54, 1.807) is 6.20 Å². The van der Waals surface area contributed by atoms with E-state index in [0.717, 1.165) is 46.9 Å². The second kappa shape index (κ2) is 6.93. The normalized spacial score (nSPS) is 16.7. The summed E-state index contributed by atoms with van der Waals surface area (Å²) in [5.74, 6) is 1.48. The molecule has 1 aliphatic rings. The molecule has 1 fully saturated rings. The van der Waals surface area contributed by atoms with Gasteiger partial charge in [-0.3, -0.25) is 4.68 Å². The van der Waals surface area contributed by atoms with Gasteiger partial charge >= 0.3 is 0 Å². The molecule has 2 aromatic rings. The number of benzene rings is 1. The van der Waals surface area contributed by atoms with Crippen molar-refractivity contribution in [3.63, 3.8) is 0 Å². The van der Waals surface area contributed by atoms with Crippen LogP contribution in [0.1, 0.15) is 12.8 Å². The molecule has 0 amide bonds. The SMILES string of the molecule is CN1CCC(COc2ccc(N)cc2-c2c(Br)cnn2C)CC1. The first kappa shape index (κ1) is 16.3. The fraction of sp³-hybridized carbons (Fsp3) is 0.471. The Kier molecular flexibility index (Phi) is 4.92. The minimum atomic E-state index is 0.617. The zero-order valence-corrected chi connectivity index (χ0v) is 15.2. The van der Waals surface area contributed by atoms with Gasteiger partial charge in [-0.25, -0.2) is 0 Å². The van der Waals surface area contributed by atoms with Crippen molar-refractivity contribution in [3.05, 3.63) is 28.9 Å². The molecule has 1 aromatic carbocycles. The van der Waals surface area contributed by atoms with Crippen LogP contribution in [-0.2, 0) is 7.05 Å². The number of hydrogen-bond donors (Lipinski definition) is 1. The van der Waals surface area contributed by atoms with Gasteiger partial charge in [-0.1, -0.05) is 0 Å². The molecule has 0 bridgehead atoms. The van der Waals surface area contributed by atoms with Crippen LogP contribution in [0.2, 0.25) is 0 Å². The van der Waals surface area contributed by atoms with Gasteiger partial charge in [0.05, 0.1) is 23.0 Å². The predicted molar refractivity (Wildman–Crippen MR) is 96.5 cm³/mol. The standard InChI is InChI=1S/C17H23BrN4O/c1-21-7-5-12(6-8-21)11-23-16-4-3-13(19)9-14(16)17-15(18)10-20-22(17)2/h3-4,9-10,12H,5-8,11,19H2,1-2H3. The van der Waals surface area contributed by atoms with Crippen LogP contribution in [0.4, 0.5) is 5.69 Å². The first-order chi connectivity index (χ1) is 11.0. The van der Waals surface area contributed by atoms with Crippen molar-refractivity contribution in [2.24, 2.45) is 13.0 Å². The summed E-state index contributed by atoms with van der Waals surface area (Å²) in [6.07, 6.45) is 4.17. The van der Waals surface area contributed by atoms with Crippen molar-refractivity contribution in [1.29, 1.82) is 0 Å². The van der Waals surface area contributed by atoms with Gasteiger partial charge in [-0.2, -0.15) is 5.10 Å². The molecule has 23 heavy (non-hydrogen) atoms. The summed E-state index contributed by atoms with van der Waals surface area (Å²) in [5.41, 5.74) is 8.66. The Labute approximate surface area is 145 Å². The van der Waals surface area contributed by atoms with Gasteiger partial charge < -0.3 is 15.4 Å². The van der Waals surface area contributed by atoms with Crippen LogP contribution in [0.15, 0.2) is 28.9 Å². The summed E-state index contributed by atoms with van der Waals surface area (Å²) in [4.78, 5) is 2.37. The van der Waals surface area contributed by atoms with Crippen LogP contribution in [0, 0.1) is 5.92 Å². The third-order valence-corrected chi connectivity index (χ3v) is 5.05. The summed E-state index contributed by atoms with van der Waals surface area (Å²) in [6, 6.07) is 5.79. The van der Waals surface area contributed by atoms with E-state index >= 15 is 0 Å². The van der Waals surface area contributed by atoms with Gasteiger partial charge in [0.2, 0.25) is 0 Å². The van der Waals surface area contributed by atoms with Crippen molar-refractivity contribution in [2.75, 3.05) is 32.5 Å². The van der Waals surface area contributed by atoms with E-state index in [-0.39, 0.29) is 0 Å². The van der Waals surface area contributed by atoms with Gasteiger partial charge in [0.1, 0.15) is 5.75 Å². The van der Waals surface area contributed by atoms with Gasteiger partial charge in [0.25, 0.3) is 0 Å². The molecule has 0 unspecified atom stereocenters. The van der Waals surface area contributed by atoms with Crippen LogP contribution in [-0.4, -0.2) is 41.4 Å². The first-order valence-electron chi connectivity index (χ1n) is 7.93. The second-order valence-corrected chi connectivity index (χ2v) is 7.13. The fourth-order valence-corrected chi connectivity index (χ4v) is 3.57. The van der Waals surface area contributed by atoms with Gasteiger partial charge in [0, 0.05) is 18.3 Å². The predicted octanol–water partition coefficient (Wildman–Crippen LogP) is 3.15. The van der Waals surface area contributed by atoms with E-state index in [1.807, 2.05) is 29.9 Å². The van der Waals surface area contributed by atoms with E-state index in [9.17, 15) is 0 Å². The Morgan fingerprint density at radius 1 is 1.30 bits per heavy atom. The number of ether oxygens (including phenoxy) is 1. The molecule has 6 heteroatoms. The fourth-order valence-electron chi connectivity index (χ4n) is 3.01. The zero-order valence-electron chi connectivity index (χ0n) is 13.6. The molecule has 0 spiro atoms. The average molecular weight is 379 g/mol. The Morgan fingerprint density at radius 2 is 2.04 bits per heavy atom. The molecule has 124 valence electrons.